The van der Waals surface area contributed by atoms with Crippen molar-refractivity contribution in [3.63, 3.8) is 0 Å². The van der Waals surface area contributed by atoms with Gasteiger partial charge in [-0.25, -0.2) is 0 Å². The van der Waals surface area contributed by atoms with Crippen LogP contribution in [0.15, 0.2) is 51.4 Å². The summed E-state index contributed by atoms with van der Waals surface area (Å²) in [5.74, 6) is 0.140. The molecule has 21 heavy (non-hydrogen) atoms. The minimum atomic E-state index is -0.486. The van der Waals surface area contributed by atoms with Crippen LogP contribution in [0.2, 0.25) is 0 Å². The number of primary amides is 1. The highest BCUT2D eigenvalue weighted by atomic mass is 79.9. The van der Waals surface area contributed by atoms with Crippen LogP contribution < -0.4 is 15.8 Å². The van der Waals surface area contributed by atoms with Crippen molar-refractivity contribution < 1.29 is 9.53 Å². The highest BCUT2D eigenvalue weighted by molar-refractivity contribution is 9.11. The molecule has 1 amide bonds. The number of hydrogen-bond donors (Lipinski definition) is 2. The van der Waals surface area contributed by atoms with Crippen LogP contribution in [0.3, 0.4) is 0 Å². The molecule has 3 N–H and O–H groups in total. The lowest BCUT2D eigenvalue weighted by Crippen LogP contribution is -2.19. The molecule has 0 fully saturated rings. The molecule has 0 atom stereocenters. The molecule has 0 unspecified atom stereocenters. The molecule has 0 radical (unpaired) electrons. The van der Waals surface area contributed by atoms with Gasteiger partial charge in [-0.3, -0.25) is 4.79 Å². The smallest absolute Gasteiger partial charge is 0.255 e. The summed E-state index contributed by atoms with van der Waals surface area (Å²) in [4.78, 5) is 10.6. The first-order valence-corrected chi connectivity index (χ1v) is 7.82. The number of ether oxygens (including phenoxy) is 1. The van der Waals surface area contributed by atoms with E-state index in [4.69, 9.17) is 10.5 Å². The van der Waals surface area contributed by atoms with Crippen LogP contribution in [0, 0.1) is 0 Å². The lowest BCUT2D eigenvalue weighted by molar-refractivity contribution is -0.119. The fraction of sp³-hybridized carbons (Fsp3) is 0.133. The zero-order valence-corrected chi connectivity index (χ0v) is 14.3. The Balaban J connectivity index is 1.94. The Morgan fingerprint density at radius 1 is 1.14 bits per heavy atom. The van der Waals surface area contributed by atoms with Gasteiger partial charge in [0.1, 0.15) is 5.75 Å². The topological polar surface area (TPSA) is 64.4 Å². The van der Waals surface area contributed by atoms with E-state index >= 15 is 0 Å². The van der Waals surface area contributed by atoms with Crippen LogP contribution >= 0.6 is 31.9 Å². The summed E-state index contributed by atoms with van der Waals surface area (Å²) in [6.07, 6.45) is 0. The lowest BCUT2D eigenvalue weighted by atomic mass is 10.2. The van der Waals surface area contributed by atoms with Gasteiger partial charge in [-0.05, 0) is 51.8 Å². The van der Waals surface area contributed by atoms with Crippen molar-refractivity contribution in [3.05, 3.63) is 57.0 Å². The summed E-state index contributed by atoms with van der Waals surface area (Å²) < 4.78 is 7.24. The number of rotatable bonds is 6. The molecule has 0 saturated carbocycles. The third kappa shape index (κ3) is 5.06. The summed E-state index contributed by atoms with van der Waals surface area (Å²) in [7, 11) is 0. The van der Waals surface area contributed by atoms with Crippen molar-refractivity contribution in [1.82, 2.24) is 0 Å². The molecule has 4 nitrogen and oxygen atoms in total. The normalized spacial score (nSPS) is 10.2. The number of nitrogens with two attached hydrogens (primary N) is 1. The van der Waals surface area contributed by atoms with Crippen LogP contribution in [0.4, 0.5) is 5.69 Å². The molecule has 0 bridgehead atoms. The summed E-state index contributed by atoms with van der Waals surface area (Å²) in [5.41, 5.74) is 7.14. The number of anilines is 1. The molecule has 0 aliphatic carbocycles. The summed E-state index contributed by atoms with van der Waals surface area (Å²) >= 11 is 6.95. The van der Waals surface area contributed by atoms with Crippen molar-refractivity contribution in [2.45, 2.75) is 6.54 Å². The van der Waals surface area contributed by atoms with Gasteiger partial charge >= 0.3 is 0 Å². The average molecular weight is 414 g/mol. The number of amides is 1. The van der Waals surface area contributed by atoms with Gasteiger partial charge in [0.15, 0.2) is 6.61 Å². The monoisotopic (exact) mass is 412 g/mol. The van der Waals surface area contributed by atoms with Gasteiger partial charge in [0.25, 0.3) is 5.91 Å². The maximum absolute atomic E-state index is 10.6. The Kier molecular flexibility index (Phi) is 5.64. The summed E-state index contributed by atoms with van der Waals surface area (Å²) in [6.45, 7) is 0.577. The molecule has 2 rings (SSSR count). The molecular weight excluding hydrogens is 400 g/mol. The first-order chi connectivity index (χ1) is 10.0. The second kappa shape index (κ2) is 7.47. The molecule has 2 aromatic carbocycles. The molecule has 0 aliphatic heterocycles. The van der Waals surface area contributed by atoms with Crippen LogP contribution in [-0.4, -0.2) is 12.5 Å². The number of halogens is 2. The molecule has 2 aromatic rings. The molecule has 6 heteroatoms. The molecular formula is C15H14Br2N2O2. The molecule has 110 valence electrons. The van der Waals surface area contributed by atoms with E-state index in [9.17, 15) is 4.79 Å². The van der Waals surface area contributed by atoms with Gasteiger partial charge in [0.2, 0.25) is 0 Å². The lowest BCUT2D eigenvalue weighted by Gasteiger charge is -2.10. The summed E-state index contributed by atoms with van der Waals surface area (Å²) in [6, 6.07) is 13.5. The van der Waals surface area contributed by atoms with Gasteiger partial charge in [-0.15, -0.1) is 0 Å². The fourth-order valence-electron chi connectivity index (χ4n) is 1.69. The SMILES string of the molecule is NC(=O)COc1ccc(CNc2cc(Br)ccc2Br)cc1. The van der Waals surface area contributed by atoms with E-state index in [2.05, 4.69) is 37.2 Å². The Bertz CT molecular complexity index is 630. The minimum Gasteiger partial charge on any atom is -0.484 e. The Morgan fingerprint density at radius 3 is 2.52 bits per heavy atom. The van der Waals surface area contributed by atoms with Crippen molar-refractivity contribution in [2.75, 3.05) is 11.9 Å². The zero-order valence-electron chi connectivity index (χ0n) is 11.1. The van der Waals surface area contributed by atoms with Crippen molar-refractivity contribution >= 4 is 43.5 Å². The van der Waals surface area contributed by atoms with Crippen LogP contribution in [-0.2, 0) is 11.3 Å². The number of carbonyl (C=O) groups is 1. The molecule has 0 spiro atoms. The fourth-order valence-corrected chi connectivity index (χ4v) is 2.44. The minimum absolute atomic E-state index is 0.109. The van der Waals surface area contributed by atoms with E-state index in [1.807, 2.05) is 42.5 Å². The van der Waals surface area contributed by atoms with Crippen LogP contribution in [0.25, 0.3) is 0 Å². The standard InChI is InChI=1S/C15H14Br2N2O2/c16-11-3-6-13(17)14(7-11)19-8-10-1-4-12(5-2-10)21-9-15(18)20/h1-7,19H,8-9H2,(H2,18,20). The van der Waals surface area contributed by atoms with Gasteiger partial charge in [0, 0.05) is 21.2 Å². The Labute approximate surface area is 139 Å². The van der Waals surface area contributed by atoms with Crippen LogP contribution in [0.1, 0.15) is 5.56 Å². The largest absolute Gasteiger partial charge is 0.484 e. The van der Waals surface area contributed by atoms with Gasteiger partial charge in [-0.1, -0.05) is 28.1 Å². The van der Waals surface area contributed by atoms with E-state index in [0.29, 0.717) is 12.3 Å². The van der Waals surface area contributed by atoms with E-state index < -0.39 is 5.91 Å². The molecule has 0 heterocycles. The third-order valence-corrected chi connectivity index (χ3v) is 3.90. The van der Waals surface area contributed by atoms with Gasteiger partial charge in [-0.2, -0.15) is 0 Å². The molecule has 0 aromatic heterocycles. The van der Waals surface area contributed by atoms with E-state index in [-0.39, 0.29) is 6.61 Å². The first kappa shape index (κ1) is 15.9. The Hall–Kier alpha value is -1.53. The second-order valence-corrected chi connectivity index (χ2v) is 6.15. The Morgan fingerprint density at radius 2 is 1.86 bits per heavy atom. The quantitative estimate of drug-likeness (QED) is 0.758. The maximum Gasteiger partial charge on any atom is 0.255 e. The predicted molar refractivity (Wildman–Crippen MR) is 90.3 cm³/mol. The second-order valence-electron chi connectivity index (χ2n) is 4.38. The van der Waals surface area contributed by atoms with Crippen molar-refractivity contribution in [2.24, 2.45) is 5.73 Å². The average Bonchev–Trinajstić information content (AvgIpc) is 2.47. The van der Waals surface area contributed by atoms with Crippen molar-refractivity contribution in [1.29, 1.82) is 0 Å². The number of nitrogens with one attached hydrogen (secondary N) is 1. The number of hydrogen-bond acceptors (Lipinski definition) is 3. The highest BCUT2D eigenvalue weighted by Gasteiger charge is 2.02. The summed E-state index contributed by atoms with van der Waals surface area (Å²) in [5, 5.41) is 3.35. The molecule has 0 saturated heterocycles. The number of benzene rings is 2. The maximum atomic E-state index is 10.6. The molecule has 0 aliphatic rings. The van der Waals surface area contributed by atoms with E-state index in [1.165, 1.54) is 0 Å². The van der Waals surface area contributed by atoms with Crippen LogP contribution in [0.5, 0.6) is 5.75 Å². The van der Waals surface area contributed by atoms with E-state index in [0.717, 1.165) is 20.2 Å². The number of carbonyl (C=O) groups excluding carboxylic acids is 1. The van der Waals surface area contributed by atoms with E-state index in [1.54, 1.807) is 0 Å². The highest BCUT2D eigenvalue weighted by Crippen LogP contribution is 2.26. The van der Waals surface area contributed by atoms with Crippen molar-refractivity contribution in [3.8, 4) is 5.75 Å². The zero-order chi connectivity index (χ0) is 15.2. The van der Waals surface area contributed by atoms with Gasteiger partial charge < -0.3 is 15.8 Å². The first-order valence-electron chi connectivity index (χ1n) is 6.23. The predicted octanol–water partition coefficient (Wildman–Crippen LogP) is 3.69. The third-order valence-electron chi connectivity index (χ3n) is 2.72. The van der Waals surface area contributed by atoms with Gasteiger partial charge in [0.05, 0.1) is 0 Å².